The number of carbonyl (C=O) groups excluding carboxylic acids is 1. The maximum atomic E-state index is 12.4. The molecule has 2 aromatic rings. The Balaban J connectivity index is 1.86. The van der Waals surface area contributed by atoms with Crippen molar-refractivity contribution in [2.24, 2.45) is 0 Å². The lowest BCUT2D eigenvalue weighted by molar-refractivity contribution is -0.128. The Bertz CT molecular complexity index is 675. The molecule has 0 aliphatic rings. The predicted octanol–water partition coefficient (Wildman–Crippen LogP) is 4.80. The molecule has 0 N–H and O–H groups in total. The van der Waals surface area contributed by atoms with Gasteiger partial charge < -0.3 is 9.64 Å². The fourth-order valence-corrected chi connectivity index (χ4v) is 3.42. The number of benzene rings is 2. The van der Waals surface area contributed by atoms with E-state index in [1.165, 1.54) is 0 Å². The number of ether oxygens (including phenoxy) is 1. The van der Waals surface area contributed by atoms with Gasteiger partial charge in [-0.25, -0.2) is 0 Å². The van der Waals surface area contributed by atoms with Gasteiger partial charge in [-0.3, -0.25) is 4.79 Å². The molecule has 5 heteroatoms. The fraction of sp³-hybridized carbons (Fsp3) is 0.316. The number of halogens is 1. The maximum Gasteiger partial charge on any atom is 0.232 e. The third-order valence-electron chi connectivity index (χ3n) is 3.96. The van der Waals surface area contributed by atoms with Gasteiger partial charge in [0.25, 0.3) is 0 Å². The summed E-state index contributed by atoms with van der Waals surface area (Å²) >= 11 is 7.57. The van der Waals surface area contributed by atoms with E-state index >= 15 is 0 Å². The van der Waals surface area contributed by atoms with E-state index in [4.69, 9.17) is 16.3 Å². The van der Waals surface area contributed by atoms with Crippen molar-refractivity contribution in [2.45, 2.75) is 18.7 Å². The Hall–Kier alpha value is -1.65. The molecule has 0 radical (unpaired) electrons. The summed E-state index contributed by atoms with van der Waals surface area (Å²) in [5, 5.41) is 0.727. The summed E-state index contributed by atoms with van der Waals surface area (Å²) in [5.74, 6) is 2.16. The minimum atomic E-state index is 0.0233. The second kappa shape index (κ2) is 9.00. The molecule has 24 heavy (non-hydrogen) atoms. The van der Waals surface area contributed by atoms with E-state index in [0.29, 0.717) is 5.75 Å². The summed E-state index contributed by atoms with van der Waals surface area (Å²) in [4.78, 5) is 14.2. The zero-order valence-corrected chi connectivity index (χ0v) is 15.7. The predicted molar refractivity (Wildman–Crippen MR) is 102 cm³/mol. The zero-order chi connectivity index (χ0) is 17.5. The fourth-order valence-electron chi connectivity index (χ4n) is 2.31. The molecule has 1 atom stereocenters. The standard InChI is InChI=1S/C19H22ClNO2S/c1-14(16-7-9-18(23-3)10-8-16)21(2)19(22)13-24-12-15-5-4-6-17(20)11-15/h4-11,14H,12-13H2,1-3H3. The molecule has 0 fully saturated rings. The van der Waals surface area contributed by atoms with Crippen LogP contribution < -0.4 is 4.74 Å². The van der Waals surface area contributed by atoms with Crippen LogP contribution in [0.2, 0.25) is 5.02 Å². The van der Waals surface area contributed by atoms with E-state index in [-0.39, 0.29) is 11.9 Å². The molecule has 3 nitrogen and oxygen atoms in total. The van der Waals surface area contributed by atoms with E-state index in [0.717, 1.165) is 27.7 Å². The van der Waals surface area contributed by atoms with Crippen molar-refractivity contribution < 1.29 is 9.53 Å². The molecule has 0 aromatic heterocycles. The molecular weight excluding hydrogens is 342 g/mol. The van der Waals surface area contributed by atoms with Gasteiger partial charge >= 0.3 is 0 Å². The highest BCUT2D eigenvalue weighted by molar-refractivity contribution is 7.99. The molecular formula is C19H22ClNO2S. The molecule has 0 saturated heterocycles. The van der Waals surface area contributed by atoms with Gasteiger partial charge in [0, 0.05) is 17.8 Å². The Morgan fingerprint density at radius 1 is 1.25 bits per heavy atom. The lowest BCUT2D eigenvalue weighted by Crippen LogP contribution is -2.31. The van der Waals surface area contributed by atoms with E-state index in [1.54, 1.807) is 23.8 Å². The minimum absolute atomic E-state index is 0.0233. The van der Waals surface area contributed by atoms with Crippen LogP contribution >= 0.6 is 23.4 Å². The quantitative estimate of drug-likeness (QED) is 0.707. The molecule has 1 unspecified atom stereocenters. The summed E-state index contributed by atoms with van der Waals surface area (Å²) < 4.78 is 5.17. The molecule has 0 heterocycles. The highest BCUT2D eigenvalue weighted by Crippen LogP contribution is 2.23. The summed E-state index contributed by atoms with van der Waals surface area (Å²) in [7, 11) is 3.49. The number of hydrogen-bond donors (Lipinski definition) is 0. The first-order chi connectivity index (χ1) is 11.5. The van der Waals surface area contributed by atoms with Gasteiger partial charge in [0.1, 0.15) is 5.75 Å². The monoisotopic (exact) mass is 363 g/mol. The van der Waals surface area contributed by atoms with Crippen molar-refractivity contribution in [3.63, 3.8) is 0 Å². The number of thioether (sulfide) groups is 1. The highest BCUT2D eigenvalue weighted by Gasteiger charge is 2.17. The van der Waals surface area contributed by atoms with Gasteiger partial charge in [-0.1, -0.05) is 35.9 Å². The SMILES string of the molecule is COc1ccc(C(C)N(C)C(=O)CSCc2cccc(Cl)c2)cc1. The Morgan fingerprint density at radius 2 is 1.96 bits per heavy atom. The number of hydrogen-bond acceptors (Lipinski definition) is 3. The number of nitrogens with zero attached hydrogens (tertiary/aromatic N) is 1. The topological polar surface area (TPSA) is 29.5 Å². The molecule has 2 rings (SSSR count). The van der Waals surface area contributed by atoms with Crippen LogP contribution in [0.1, 0.15) is 24.1 Å². The highest BCUT2D eigenvalue weighted by atomic mass is 35.5. The average molecular weight is 364 g/mol. The van der Waals surface area contributed by atoms with Crippen LogP contribution in [0.4, 0.5) is 0 Å². The van der Waals surface area contributed by atoms with Crippen molar-refractivity contribution >= 4 is 29.3 Å². The van der Waals surface area contributed by atoms with Crippen molar-refractivity contribution in [1.82, 2.24) is 4.90 Å². The van der Waals surface area contributed by atoms with Crippen molar-refractivity contribution in [2.75, 3.05) is 19.9 Å². The smallest absolute Gasteiger partial charge is 0.232 e. The third-order valence-corrected chi connectivity index (χ3v) is 5.18. The third kappa shape index (κ3) is 5.18. The maximum absolute atomic E-state index is 12.4. The van der Waals surface area contributed by atoms with Crippen molar-refractivity contribution in [3.05, 3.63) is 64.7 Å². The number of rotatable bonds is 7. The summed E-state index contributed by atoms with van der Waals surface area (Å²) in [6, 6.07) is 15.6. The van der Waals surface area contributed by atoms with Gasteiger partial charge in [0.15, 0.2) is 0 Å². The van der Waals surface area contributed by atoms with Gasteiger partial charge in [0.05, 0.1) is 18.9 Å². The summed E-state index contributed by atoms with van der Waals surface area (Å²) in [5.41, 5.74) is 2.22. The van der Waals surface area contributed by atoms with E-state index in [9.17, 15) is 4.79 Å². The molecule has 0 aliphatic heterocycles. The molecule has 128 valence electrons. The van der Waals surface area contributed by atoms with E-state index in [2.05, 4.69) is 0 Å². The van der Waals surface area contributed by atoms with Gasteiger partial charge in [0.2, 0.25) is 5.91 Å². The zero-order valence-electron chi connectivity index (χ0n) is 14.2. The second-order valence-electron chi connectivity index (χ2n) is 5.58. The minimum Gasteiger partial charge on any atom is -0.497 e. The first-order valence-corrected chi connectivity index (χ1v) is 9.26. The van der Waals surface area contributed by atoms with Crippen LogP contribution in [0.5, 0.6) is 5.75 Å². The normalized spacial score (nSPS) is 11.8. The first kappa shape index (κ1) is 18.7. The summed E-state index contributed by atoms with van der Waals surface area (Å²) in [6.07, 6.45) is 0. The van der Waals surface area contributed by atoms with E-state index < -0.39 is 0 Å². The number of carbonyl (C=O) groups is 1. The van der Waals surface area contributed by atoms with Crippen molar-refractivity contribution in [1.29, 1.82) is 0 Å². The molecule has 0 spiro atoms. The van der Waals surface area contributed by atoms with Crippen LogP contribution in [0, 0.1) is 0 Å². The Labute approximate surface area is 153 Å². The van der Waals surface area contributed by atoms with Crippen molar-refractivity contribution in [3.8, 4) is 5.75 Å². The van der Waals surface area contributed by atoms with Crippen LogP contribution in [0.3, 0.4) is 0 Å². The summed E-state index contributed by atoms with van der Waals surface area (Å²) in [6.45, 7) is 2.03. The Morgan fingerprint density at radius 3 is 2.58 bits per heavy atom. The molecule has 0 bridgehead atoms. The number of methoxy groups -OCH3 is 1. The van der Waals surface area contributed by atoms with Gasteiger partial charge in [-0.05, 0) is 42.3 Å². The van der Waals surface area contributed by atoms with E-state index in [1.807, 2.05) is 62.5 Å². The largest absolute Gasteiger partial charge is 0.497 e. The second-order valence-corrected chi connectivity index (χ2v) is 7.00. The molecule has 0 saturated carbocycles. The average Bonchev–Trinajstić information content (AvgIpc) is 2.60. The molecule has 1 amide bonds. The van der Waals surface area contributed by atoms with Crippen LogP contribution in [0.25, 0.3) is 0 Å². The molecule has 2 aromatic carbocycles. The van der Waals surface area contributed by atoms with Crippen LogP contribution in [0.15, 0.2) is 48.5 Å². The van der Waals surface area contributed by atoms with Crippen LogP contribution in [-0.4, -0.2) is 30.7 Å². The molecule has 0 aliphatic carbocycles. The van der Waals surface area contributed by atoms with Gasteiger partial charge in [-0.2, -0.15) is 0 Å². The lowest BCUT2D eigenvalue weighted by atomic mass is 10.1. The number of amides is 1. The Kier molecular flexibility index (Phi) is 7.00. The lowest BCUT2D eigenvalue weighted by Gasteiger charge is -2.25. The van der Waals surface area contributed by atoms with Crippen LogP contribution in [-0.2, 0) is 10.5 Å². The van der Waals surface area contributed by atoms with Gasteiger partial charge in [-0.15, -0.1) is 11.8 Å². The first-order valence-electron chi connectivity index (χ1n) is 7.73.